The van der Waals surface area contributed by atoms with E-state index in [0.29, 0.717) is 65.9 Å². The van der Waals surface area contributed by atoms with Crippen molar-refractivity contribution in [1.29, 1.82) is 5.26 Å². The first-order valence-electron chi connectivity index (χ1n) is 13.9. The van der Waals surface area contributed by atoms with Gasteiger partial charge < -0.3 is 18.9 Å². The van der Waals surface area contributed by atoms with Crippen molar-refractivity contribution in [3.05, 3.63) is 57.8 Å². The highest BCUT2D eigenvalue weighted by Crippen LogP contribution is 2.41. The van der Waals surface area contributed by atoms with Crippen LogP contribution < -0.4 is 19.9 Å². The molecule has 6 rings (SSSR count). The van der Waals surface area contributed by atoms with Crippen molar-refractivity contribution >= 4 is 16.7 Å². The van der Waals surface area contributed by atoms with Crippen LogP contribution in [-0.4, -0.2) is 52.8 Å². The van der Waals surface area contributed by atoms with Gasteiger partial charge in [0.1, 0.15) is 41.1 Å². The molecular weight excluding hydrogens is 497 g/mol. The van der Waals surface area contributed by atoms with Gasteiger partial charge in [0.25, 0.3) is 5.56 Å². The molecule has 3 atom stereocenters. The third-order valence-electron chi connectivity index (χ3n) is 8.46. The Morgan fingerprint density at radius 3 is 2.79 bits per heavy atom. The Kier molecular flexibility index (Phi) is 6.67. The molecule has 4 heterocycles. The summed E-state index contributed by atoms with van der Waals surface area (Å²) in [6.45, 7) is 6.53. The van der Waals surface area contributed by atoms with E-state index in [-0.39, 0.29) is 35.3 Å². The first-order chi connectivity index (χ1) is 18.9. The monoisotopic (exact) mass is 531 g/mol. The molecule has 0 amide bonds. The average Bonchev–Trinajstić information content (AvgIpc) is 3.78. The molecule has 39 heavy (non-hydrogen) atoms. The zero-order chi connectivity index (χ0) is 27.3. The van der Waals surface area contributed by atoms with E-state index in [9.17, 15) is 10.1 Å². The van der Waals surface area contributed by atoms with Gasteiger partial charge >= 0.3 is 0 Å². The number of nitriles is 1. The third kappa shape index (κ3) is 4.61. The summed E-state index contributed by atoms with van der Waals surface area (Å²) in [7, 11) is 1.70. The highest BCUT2D eigenvalue weighted by atomic mass is 19.1. The third-order valence-corrected chi connectivity index (χ3v) is 8.46. The maximum atomic E-state index is 15.4. The summed E-state index contributed by atoms with van der Waals surface area (Å²) >= 11 is 0. The van der Waals surface area contributed by atoms with Gasteiger partial charge in [-0.25, -0.2) is 9.37 Å². The summed E-state index contributed by atoms with van der Waals surface area (Å²) in [5.41, 5.74) is 2.66. The SMILES string of the molecule is CCC[C@@H]1CN2c3c(c(=O)n(C)c4ccc(C#N)nc34)OC[C@@H]2CN1[C@H](C)c1ccc(OCC2CC2)cc1F. The Balaban J connectivity index is 1.33. The smallest absolute Gasteiger partial charge is 0.295 e. The first-order valence-corrected chi connectivity index (χ1v) is 13.9. The number of aromatic nitrogens is 2. The Hall–Kier alpha value is -3.64. The van der Waals surface area contributed by atoms with Gasteiger partial charge in [0.05, 0.1) is 18.2 Å². The number of hydrogen-bond donors (Lipinski definition) is 0. The van der Waals surface area contributed by atoms with Crippen LogP contribution in [0, 0.1) is 23.1 Å². The summed E-state index contributed by atoms with van der Waals surface area (Å²) in [6, 6.07) is 10.7. The van der Waals surface area contributed by atoms with Crippen LogP contribution in [0.5, 0.6) is 11.5 Å². The van der Waals surface area contributed by atoms with Crippen molar-refractivity contribution in [1.82, 2.24) is 14.5 Å². The number of nitrogens with zero attached hydrogens (tertiary/aromatic N) is 5. The zero-order valence-electron chi connectivity index (χ0n) is 22.7. The molecule has 1 aliphatic carbocycles. The Morgan fingerprint density at radius 2 is 2.08 bits per heavy atom. The van der Waals surface area contributed by atoms with E-state index in [1.54, 1.807) is 19.2 Å². The largest absolute Gasteiger partial charge is 0.493 e. The molecule has 0 N–H and O–H groups in total. The zero-order valence-corrected chi connectivity index (χ0v) is 22.7. The molecule has 2 aromatic heterocycles. The highest BCUT2D eigenvalue weighted by molar-refractivity contribution is 5.93. The summed E-state index contributed by atoms with van der Waals surface area (Å²) in [5, 5.41) is 9.50. The van der Waals surface area contributed by atoms with E-state index < -0.39 is 0 Å². The Bertz CT molecular complexity index is 1510. The first kappa shape index (κ1) is 25.6. The lowest BCUT2D eigenvalue weighted by Gasteiger charge is -2.51. The van der Waals surface area contributed by atoms with Gasteiger partial charge in [-0.15, -0.1) is 0 Å². The lowest BCUT2D eigenvalue weighted by molar-refractivity contribution is 0.0768. The lowest BCUT2D eigenvalue weighted by Crippen LogP contribution is -2.62. The summed E-state index contributed by atoms with van der Waals surface area (Å²) < 4.78 is 28.8. The molecule has 3 aromatic rings. The van der Waals surface area contributed by atoms with E-state index in [1.165, 1.54) is 23.5 Å². The number of halogens is 1. The molecule has 2 fully saturated rings. The van der Waals surface area contributed by atoms with E-state index in [0.717, 1.165) is 12.8 Å². The number of ether oxygens (including phenoxy) is 2. The van der Waals surface area contributed by atoms with Crippen LogP contribution in [0.25, 0.3) is 11.0 Å². The van der Waals surface area contributed by atoms with Crippen molar-refractivity contribution in [2.75, 3.05) is 31.2 Å². The van der Waals surface area contributed by atoms with E-state index in [4.69, 9.17) is 9.47 Å². The van der Waals surface area contributed by atoms with Crippen LogP contribution in [0.1, 0.15) is 56.8 Å². The van der Waals surface area contributed by atoms with Crippen LogP contribution in [0.4, 0.5) is 10.1 Å². The molecule has 0 unspecified atom stereocenters. The van der Waals surface area contributed by atoms with Gasteiger partial charge in [0.15, 0.2) is 0 Å². The van der Waals surface area contributed by atoms with Gasteiger partial charge in [0.2, 0.25) is 5.75 Å². The van der Waals surface area contributed by atoms with E-state index in [1.807, 2.05) is 12.1 Å². The standard InChI is InChI=1S/C30H34FN5O3/c1-4-5-21-14-36-22(15-35(21)18(2)24-10-9-23(12-25(24)31)38-16-19-6-7-19)17-39-29-28(36)27-26(34(3)30(29)37)11-8-20(13-32)33-27/h8-12,18-19,21-22H,4-7,14-17H2,1-3H3/t18-,21-,22+/m1/s1. The average molecular weight is 532 g/mol. The minimum Gasteiger partial charge on any atom is -0.493 e. The van der Waals surface area contributed by atoms with Gasteiger partial charge in [-0.1, -0.05) is 19.4 Å². The number of benzene rings is 1. The molecule has 1 saturated carbocycles. The second-order valence-corrected chi connectivity index (χ2v) is 11.1. The predicted octanol–water partition coefficient (Wildman–Crippen LogP) is 4.55. The summed E-state index contributed by atoms with van der Waals surface area (Å²) in [5.74, 6) is 1.23. The van der Waals surface area contributed by atoms with Gasteiger partial charge in [-0.2, -0.15) is 5.26 Å². The Labute approximate surface area is 227 Å². The Morgan fingerprint density at radius 1 is 1.26 bits per heavy atom. The topological polar surface area (TPSA) is 83.6 Å². The summed E-state index contributed by atoms with van der Waals surface area (Å²) in [6.07, 6.45) is 4.28. The second kappa shape index (κ2) is 10.2. The number of anilines is 1. The molecular formula is C30H34FN5O3. The van der Waals surface area contributed by atoms with Crippen molar-refractivity contribution in [3.63, 3.8) is 0 Å². The summed E-state index contributed by atoms with van der Waals surface area (Å²) in [4.78, 5) is 22.5. The van der Waals surface area contributed by atoms with Crippen molar-refractivity contribution in [2.45, 2.75) is 57.7 Å². The molecule has 1 aromatic carbocycles. The number of piperazine rings is 1. The fraction of sp³-hybridized carbons (Fsp3) is 0.500. The lowest BCUT2D eigenvalue weighted by atomic mass is 9.95. The minimum absolute atomic E-state index is 0.0416. The molecule has 0 spiro atoms. The van der Waals surface area contributed by atoms with Crippen LogP contribution in [-0.2, 0) is 7.05 Å². The van der Waals surface area contributed by atoms with Gasteiger partial charge in [-0.3, -0.25) is 9.69 Å². The molecule has 0 bridgehead atoms. The highest BCUT2D eigenvalue weighted by Gasteiger charge is 2.42. The van der Waals surface area contributed by atoms with Crippen molar-refractivity contribution < 1.29 is 13.9 Å². The van der Waals surface area contributed by atoms with Crippen LogP contribution in [0.2, 0.25) is 0 Å². The van der Waals surface area contributed by atoms with E-state index in [2.05, 4.69) is 34.7 Å². The number of rotatable bonds is 7. The maximum Gasteiger partial charge on any atom is 0.295 e. The maximum absolute atomic E-state index is 15.4. The molecule has 8 nitrogen and oxygen atoms in total. The molecule has 1 saturated heterocycles. The van der Waals surface area contributed by atoms with Crippen molar-refractivity contribution in [2.24, 2.45) is 13.0 Å². The molecule has 0 radical (unpaired) electrons. The second-order valence-electron chi connectivity index (χ2n) is 11.1. The number of fused-ring (bicyclic) bond motifs is 5. The van der Waals surface area contributed by atoms with E-state index >= 15 is 4.39 Å². The fourth-order valence-electron chi connectivity index (χ4n) is 6.07. The van der Waals surface area contributed by atoms with Crippen LogP contribution in [0.3, 0.4) is 0 Å². The van der Waals surface area contributed by atoms with Crippen molar-refractivity contribution in [3.8, 4) is 17.6 Å². The minimum atomic E-state index is -0.249. The predicted molar refractivity (Wildman–Crippen MR) is 147 cm³/mol. The number of pyridine rings is 2. The fourth-order valence-corrected chi connectivity index (χ4v) is 6.07. The molecule has 2 aliphatic heterocycles. The van der Waals surface area contributed by atoms with Gasteiger partial charge in [0, 0.05) is 43.9 Å². The van der Waals surface area contributed by atoms with Crippen LogP contribution in [0.15, 0.2) is 35.1 Å². The normalized spacial score (nSPS) is 21.6. The van der Waals surface area contributed by atoms with Crippen LogP contribution >= 0.6 is 0 Å². The molecule has 204 valence electrons. The number of aryl methyl sites for hydroxylation is 1. The van der Waals surface area contributed by atoms with Gasteiger partial charge in [-0.05, 0) is 50.3 Å². The molecule has 9 heteroatoms. The molecule has 3 aliphatic rings. The number of hydrogen-bond acceptors (Lipinski definition) is 7. The quantitative estimate of drug-likeness (QED) is 0.442.